The molecule has 0 saturated heterocycles. The Morgan fingerprint density at radius 1 is 1.48 bits per heavy atom. The molecule has 5 heteroatoms. The van der Waals surface area contributed by atoms with E-state index in [9.17, 15) is 14.7 Å². The van der Waals surface area contributed by atoms with Crippen molar-refractivity contribution in [3.63, 3.8) is 0 Å². The first-order valence-electron chi connectivity index (χ1n) is 7.29. The van der Waals surface area contributed by atoms with Gasteiger partial charge in [-0.2, -0.15) is 0 Å². The van der Waals surface area contributed by atoms with Crippen molar-refractivity contribution in [2.45, 2.75) is 38.8 Å². The summed E-state index contributed by atoms with van der Waals surface area (Å²) in [5.74, 6) is 0.129. The van der Waals surface area contributed by atoms with Crippen molar-refractivity contribution in [2.75, 3.05) is 11.4 Å². The maximum Gasteiger partial charge on any atom is 0.251 e. The molecule has 21 heavy (non-hydrogen) atoms. The molecule has 114 valence electrons. The molecule has 0 radical (unpaired) electrons. The standard InChI is InChI=1S/C16H22N2O3/c1-11-5-3-4-6-14(11)18(10-19)12(2)15(20)16(21)17-9-13-7-8-13/h3-6,10,12-13,15,20H,7-9H2,1-2H3,(H,17,21). The van der Waals surface area contributed by atoms with Crippen molar-refractivity contribution >= 4 is 18.0 Å². The first kappa shape index (κ1) is 15.5. The number of nitrogens with zero attached hydrogens (tertiary/aromatic N) is 1. The Hall–Kier alpha value is -1.88. The summed E-state index contributed by atoms with van der Waals surface area (Å²) in [6.07, 6.45) is 1.68. The fraction of sp³-hybridized carbons (Fsp3) is 0.500. The van der Waals surface area contributed by atoms with Crippen molar-refractivity contribution in [2.24, 2.45) is 5.92 Å². The monoisotopic (exact) mass is 290 g/mol. The molecule has 0 aromatic heterocycles. The second-order valence-corrected chi connectivity index (χ2v) is 5.67. The van der Waals surface area contributed by atoms with E-state index in [1.807, 2.05) is 25.1 Å². The zero-order valence-electron chi connectivity index (χ0n) is 12.5. The number of aliphatic hydroxyl groups excluding tert-OH is 1. The molecular formula is C16H22N2O3. The van der Waals surface area contributed by atoms with Crippen LogP contribution in [0, 0.1) is 12.8 Å². The number of hydrogen-bond acceptors (Lipinski definition) is 3. The number of hydrogen-bond donors (Lipinski definition) is 2. The fourth-order valence-electron chi connectivity index (χ4n) is 2.27. The van der Waals surface area contributed by atoms with Crippen LogP contribution in [0.4, 0.5) is 5.69 Å². The summed E-state index contributed by atoms with van der Waals surface area (Å²) in [6.45, 7) is 4.16. The second-order valence-electron chi connectivity index (χ2n) is 5.67. The molecule has 1 saturated carbocycles. The van der Waals surface area contributed by atoms with E-state index in [-0.39, 0.29) is 0 Å². The number of carbonyl (C=O) groups excluding carboxylic acids is 2. The molecule has 0 aliphatic heterocycles. The molecular weight excluding hydrogens is 268 g/mol. The number of anilines is 1. The van der Waals surface area contributed by atoms with Crippen molar-refractivity contribution in [3.05, 3.63) is 29.8 Å². The third-order valence-electron chi connectivity index (χ3n) is 3.93. The van der Waals surface area contributed by atoms with E-state index in [0.717, 1.165) is 18.4 Å². The van der Waals surface area contributed by atoms with Crippen LogP contribution in [-0.4, -0.2) is 36.1 Å². The van der Waals surface area contributed by atoms with Gasteiger partial charge in [0.05, 0.1) is 6.04 Å². The normalized spacial score (nSPS) is 16.9. The van der Waals surface area contributed by atoms with Gasteiger partial charge in [-0.05, 0) is 44.2 Å². The summed E-state index contributed by atoms with van der Waals surface area (Å²) in [5.41, 5.74) is 1.62. The minimum absolute atomic E-state index is 0.421. The Morgan fingerprint density at radius 3 is 2.71 bits per heavy atom. The zero-order valence-corrected chi connectivity index (χ0v) is 12.5. The maximum absolute atomic E-state index is 11.9. The van der Waals surface area contributed by atoms with E-state index in [2.05, 4.69) is 5.32 Å². The van der Waals surface area contributed by atoms with Gasteiger partial charge in [0.25, 0.3) is 5.91 Å². The van der Waals surface area contributed by atoms with E-state index in [1.54, 1.807) is 13.0 Å². The lowest BCUT2D eigenvalue weighted by Crippen LogP contribution is -2.49. The van der Waals surface area contributed by atoms with Crippen molar-refractivity contribution in [3.8, 4) is 0 Å². The highest BCUT2D eigenvalue weighted by atomic mass is 16.3. The summed E-state index contributed by atoms with van der Waals surface area (Å²) in [6, 6.07) is 6.77. The van der Waals surface area contributed by atoms with Crippen LogP contribution >= 0.6 is 0 Å². The third kappa shape index (κ3) is 3.82. The number of nitrogens with one attached hydrogen (secondary N) is 1. The molecule has 2 rings (SSSR count). The molecule has 1 aromatic carbocycles. The molecule has 1 aromatic rings. The molecule has 1 aliphatic carbocycles. The maximum atomic E-state index is 11.9. The molecule has 0 heterocycles. The van der Waals surface area contributed by atoms with Crippen LogP contribution in [0.2, 0.25) is 0 Å². The predicted octanol–water partition coefficient (Wildman–Crippen LogP) is 1.23. The van der Waals surface area contributed by atoms with Gasteiger partial charge in [0.1, 0.15) is 0 Å². The van der Waals surface area contributed by atoms with Crippen molar-refractivity contribution in [1.82, 2.24) is 5.32 Å². The molecule has 1 fully saturated rings. The topological polar surface area (TPSA) is 69.6 Å². The molecule has 2 atom stereocenters. The van der Waals surface area contributed by atoms with E-state index in [1.165, 1.54) is 4.90 Å². The first-order chi connectivity index (χ1) is 10.0. The first-order valence-corrected chi connectivity index (χ1v) is 7.29. The lowest BCUT2D eigenvalue weighted by atomic mass is 10.1. The quantitative estimate of drug-likeness (QED) is 0.742. The number of rotatable bonds is 7. The van der Waals surface area contributed by atoms with Crippen LogP contribution in [0.3, 0.4) is 0 Å². The number of aryl methyl sites for hydroxylation is 1. The Labute approximate surface area is 125 Å². The van der Waals surface area contributed by atoms with Crippen LogP contribution in [-0.2, 0) is 9.59 Å². The molecule has 0 bridgehead atoms. The minimum Gasteiger partial charge on any atom is -0.381 e. The molecule has 2 amide bonds. The Bertz CT molecular complexity index is 514. The summed E-state index contributed by atoms with van der Waals surface area (Å²) < 4.78 is 0. The van der Waals surface area contributed by atoms with Gasteiger partial charge in [0, 0.05) is 12.2 Å². The molecule has 5 nitrogen and oxygen atoms in total. The van der Waals surface area contributed by atoms with Crippen LogP contribution in [0.1, 0.15) is 25.3 Å². The molecule has 0 spiro atoms. The van der Waals surface area contributed by atoms with Gasteiger partial charge in [-0.1, -0.05) is 18.2 Å². The number of carbonyl (C=O) groups is 2. The number of para-hydroxylation sites is 1. The van der Waals surface area contributed by atoms with Gasteiger partial charge in [-0.3, -0.25) is 9.59 Å². The van der Waals surface area contributed by atoms with E-state index >= 15 is 0 Å². The van der Waals surface area contributed by atoms with Crippen LogP contribution in [0.15, 0.2) is 24.3 Å². The van der Waals surface area contributed by atoms with E-state index in [0.29, 0.717) is 24.6 Å². The summed E-state index contributed by atoms with van der Waals surface area (Å²) in [4.78, 5) is 24.7. The predicted molar refractivity (Wildman–Crippen MR) is 80.9 cm³/mol. The van der Waals surface area contributed by atoms with E-state index in [4.69, 9.17) is 0 Å². The molecule has 2 N–H and O–H groups in total. The molecule has 2 unspecified atom stereocenters. The average molecular weight is 290 g/mol. The van der Waals surface area contributed by atoms with Gasteiger partial charge in [0.15, 0.2) is 6.10 Å². The SMILES string of the molecule is Cc1ccccc1N(C=O)C(C)C(O)C(=O)NCC1CC1. The average Bonchev–Trinajstić information content (AvgIpc) is 3.30. The highest BCUT2D eigenvalue weighted by Crippen LogP contribution is 2.27. The van der Waals surface area contributed by atoms with Gasteiger partial charge in [-0.25, -0.2) is 0 Å². The lowest BCUT2D eigenvalue weighted by Gasteiger charge is -2.29. The van der Waals surface area contributed by atoms with Crippen LogP contribution in [0.25, 0.3) is 0 Å². The summed E-state index contributed by atoms with van der Waals surface area (Å²) in [5, 5.41) is 12.9. The molecule has 1 aliphatic rings. The third-order valence-corrected chi connectivity index (χ3v) is 3.93. The second kappa shape index (κ2) is 6.72. The highest BCUT2D eigenvalue weighted by molar-refractivity contribution is 5.85. The van der Waals surface area contributed by atoms with Crippen LogP contribution < -0.4 is 10.2 Å². The van der Waals surface area contributed by atoms with Gasteiger partial charge < -0.3 is 15.3 Å². The summed E-state index contributed by atoms with van der Waals surface area (Å²) >= 11 is 0. The smallest absolute Gasteiger partial charge is 0.251 e. The number of amides is 2. The highest BCUT2D eigenvalue weighted by Gasteiger charge is 2.30. The minimum atomic E-state index is -1.24. The fourth-order valence-corrected chi connectivity index (χ4v) is 2.27. The van der Waals surface area contributed by atoms with Gasteiger partial charge in [-0.15, -0.1) is 0 Å². The summed E-state index contributed by atoms with van der Waals surface area (Å²) in [7, 11) is 0. The largest absolute Gasteiger partial charge is 0.381 e. The zero-order chi connectivity index (χ0) is 15.4. The number of benzene rings is 1. The Kier molecular flexibility index (Phi) is 4.96. The lowest BCUT2D eigenvalue weighted by molar-refractivity contribution is -0.130. The number of aliphatic hydroxyl groups is 1. The van der Waals surface area contributed by atoms with Gasteiger partial charge in [0.2, 0.25) is 6.41 Å². The van der Waals surface area contributed by atoms with Crippen LogP contribution in [0.5, 0.6) is 0 Å². The van der Waals surface area contributed by atoms with Crippen molar-refractivity contribution in [1.29, 1.82) is 0 Å². The Morgan fingerprint density at radius 2 is 2.14 bits per heavy atom. The van der Waals surface area contributed by atoms with E-state index < -0.39 is 18.1 Å². The Balaban J connectivity index is 2.04. The van der Waals surface area contributed by atoms with Gasteiger partial charge >= 0.3 is 0 Å². The van der Waals surface area contributed by atoms with Crippen molar-refractivity contribution < 1.29 is 14.7 Å².